The lowest BCUT2D eigenvalue weighted by Crippen LogP contribution is -2.52. The number of rotatable bonds is 5. The molecule has 1 saturated heterocycles. The van der Waals surface area contributed by atoms with Gasteiger partial charge in [0, 0.05) is 25.7 Å². The van der Waals surface area contributed by atoms with E-state index in [4.69, 9.17) is 5.11 Å². The van der Waals surface area contributed by atoms with E-state index < -0.39 is 17.9 Å². The lowest BCUT2D eigenvalue weighted by Gasteiger charge is -2.27. The third kappa shape index (κ3) is 3.86. The Morgan fingerprint density at radius 1 is 1.33 bits per heavy atom. The molecule has 1 aliphatic rings. The van der Waals surface area contributed by atoms with E-state index in [9.17, 15) is 14.4 Å². The van der Waals surface area contributed by atoms with Crippen molar-refractivity contribution in [3.63, 3.8) is 0 Å². The minimum absolute atomic E-state index is 0.130. The average Bonchev–Trinajstić information content (AvgIpc) is 2.81. The van der Waals surface area contributed by atoms with E-state index in [1.54, 1.807) is 18.7 Å². The summed E-state index contributed by atoms with van der Waals surface area (Å²) in [5.74, 6) is -1.55. The molecule has 7 heteroatoms. The van der Waals surface area contributed by atoms with Crippen molar-refractivity contribution in [2.45, 2.75) is 46.2 Å². The SMILES string of the molecule is CCN(CC)C(=O)C(C)NC(=O)N1CCC(C(=O)O)C1C. The molecule has 0 bridgehead atoms. The topological polar surface area (TPSA) is 90.0 Å². The summed E-state index contributed by atoms with van der Waals surface area (Å²) in [6, 6.07) is -1.36. The van der Waals surface area contributed by atoms with Crippen molar-refractivity contribution in [3.8, 4) is 0 Å². The number of carbonyl (C=O) groups excluding carboxylic acids is 2. The van der Waals surface area contributed by atoms with Crippen molar-refractivity contribution in [2.75, 3.05) is 19.6 Å². The van der Waals surface area contributed by atoms with Gasteiger partial charge in [0.25, 0.3) is 0 Å². The van der Waals surface area contributed by atoms with E-state index in [2.05, 4.69) is 5.32 Å². The number of aliphatic carboxylic acids is 1. The van der Waals surface area contributed by atoms with Crippen LogP contribution in [0, 0.1) is 5.92 Å². The zero-order chi connectivity index (χ0) is 16.2. The highest BCUT2D eigenvalue weighted by molar-refractivity contribution is 5.87. The van der Waals surface area contributed by atoms with Gasteiger partial charge in [0.05, 0.1) is 5.92 Å². The second-order valence-electron chi connectivity index (χ2n) is 5.35. The fourth-order valence-corrected chi connectivity index (χ4v) is 2.70. The molecule has 0 aromatic rings. The van der Waals surface area contributed by atoms with Gasteiger partial charge in [-0.3, -0.25) is 9.59 Å². The van der Waals surface area contributed by atoms with Gasteiger partial charge in [0.2, 0.25) is 5.91 Å². The van der Waals surface area contributed by atoms with Gasteiger partial charge >= 0.3 is 12.0 Å². The van der Waals surface area contributed by atoms with E-state index >= 15 is 0 Å². The second kappa shape index (κ2) is 7.28. The molecule has 1 rings (SSSR count). The van der Waals surface area contributed by atoms with Crippen LogP contribution in [0.2, 0.25) is 0 Å². The normalized spacial score (nSPS) is 22.8. The molecule has 1 fully saturated rings. The number of nitrogens with one attached hydrogen (secondary N) is 1. The van der Waals surface area contributed by atoms with Gasteiger partial charge in [-0.2, -0.15) is 0 Å². The largest absolute Gasteiger partial charge is 0.481 e. The Kier molecular flexibility index (Phi) is 5.99. The van der Waals surface area contributed by atoms with E-state index in [0.717, 1.165) is 0 Å². The number of hydrogen-bond acceptors (Lipinski definition) is 3. The second-order valence-corrected chi connectivity index (χ2v) is 5.35. The number of likely N-dealkylation sites (N-methyl/N-ethyl adjacent to an activating group) is 1. The first-order valence-corrected chi connectivity index (χ1v) is 7.42. The monoisotopic (exact) mass is 299 g/mol. The van der Waals surface area contributed by atoms with Gasteiger partial charge in [-0.05, 0) is 34.1 Å². The Bertz CT molecular complexity index is 409. The summed E-state index contributed by atoms with van der Waals surface area (Å²) < 4.78 is 0. The van der Waals surface area contributed by atoms with Crippen LogP contribution in [0.1, 0.15) is 34.1 Å². The molecule has 0 aromatic carbocycles. The van der Waals surface area contributed by atoms with Gasteiger partial charge in [-0.25, -0.2) is 4.79 Å². The van der Waals surface area contributed by atoms with E-state index in [0.29, 0.717) is 26.1 Å². The lowest BCUT2D eigenvalue weighted by molar-refractivity contribution is -0.142. The van der Waals surface area contributed by atoms with Crippen LogP contribution in [0.4, 0.5) is 4.79 Å². The predicted molar refractivity (Wildman–Crippen MR) is 77.8 cm³/mol. The van der Waals surface area contributed by atoms with Crippen molar-refractivity contribution in [2.24, 2.45) is 5.92 Å². The maximum absolute atomic E-state index is 12.2. The zero-order valence-corrected chi connectivity index (χ0v) is 13.1. The number of carboxylic acids is 1. The van der Waals surface area contributed by atoms with Crippen LogP contribution in [-0.2, 0) is 9.59 Å². The van der Waals surface area contributed by atoms with Crippen LogP contribution in [0.25, 0.3) is 0 Å². The van der Waals surface area contributed by atoms with Crippen molar-refractivity contribution >= 4 is 17.9 Å². The standard InChI is InChI=1S/C14H25N3O4/c1-5-16(6-2)12(18)9(3)15-14(21)17-8-7-11(10(17)4)13(19)20/h9-11H,5-8H2,1-4H3,(H,15,21)(H,19,20). The first-order valence-electron chi connectivity index (χ1n) is 7.42. The molecule has 3 amide bonds. The molecule has 1 heterocycles. The van der Waals surface area contributed by atoms with Gasteiger partial charge < -0.3 is 20.2 Å². The Morgan fingerprint density at radius 2 is 1.90 bits per heavy atom. The lowest BCUT2D eigenvalue weighted by atomic mass is 10.0. The van der Waals surface area contributed by atoms with Crippen LogP contribution in [0.5, 0.6) is 0 Å². The van der Waals surface area contributed by atoms with Crippen LogP contribution in [0.3, 0.4) is 0 Å². The van der Waals surface area contributed by atoms with Crippen molar-refractivity contribution in [1.29, 1.82) is 0 Å². The van der Waals surface area contributed by atoms with Gasteiger partial charge in [0.1, 0.15) is 6.04 Å². The number of carbonyl (C=O) groups is 3. The molecule has 3 unspecified atom stereocenters. The fraction of sp³-hybridized carbons (Fsp3) is 0.786. The molecule has 0 radical (unpaired) electrons. The summed E-state index contributed by atoms with van der Waals surface area (Å²) in [7, 11) is 0. The van der Waals surface area contributed by atoms with Gasteiger partial charge in [-0.1, -0.05) is 0 Å². The summed E-state index contributed by atoms with van der Waals surface area (Å²) in [5.41, 5.74) is 0. The quantitative estimate of drug-likeness (QED) is 0.784. The first kappa shape index (κ1) is 17.3. The summed E-state index contributed by atoms with van der Waals surface area (Å²) in [5, 5.41) is 11.7. The van der Waals surface area contributed by atoms with Crippen LogP contribution in [0.15, 0.2) is 0 Å². The van der Waals surface area contributed by atoms with E-state index in [1.165, 1.54) is 4.90 Å². The molecular formula is C14H25N3O4. The predicted octanol–water partition coefficient (Wildman–Crippen LogP) is 0.748. The molecule has 0 spiro atoms. The number of hydrogen-bond donors (Lipinski definition) is 2. The molecule has 120 valence electrons. The highest BCUT2D eigenvalue weighted by Gasteiger charge is 2.38. The average molecular weight is 299 g/mol. The molecule has 3 atom stereocenters. The van der Waals surface area contributed by atoms with Crippen LogP contribution in [-0.4, -0.2) is 64.5 Å². The molecule has 0 aliphatic carbocycles. The molecule has 7 nitrogen and oxygen atoms in total. The Labute approximate surface area is 125 Å². The summed E-state index contributed by atoms with van der Waals surface area (Å²) in [6.45, 7) is 8.73. The molecule has 1 aliphatic heterocycles. The number of likely N-dealkylation sites (tertiary alicyclic amines) is 1. The minimum atomic E-state index is -0.884. The van der Waals surface area contributed by atoms with Crippen molar-refractivity contribution in [1.82, 2.24) is 15.1 Å². The highest BCUT2D eigenvalue weighted by Crippen LogP contribution is 2.24. The van der Waals surface area contributed by atoms with Crippen LogP contribution >= 0.6 is 0 Å². The summed E-state index contributed by atoms with van der Waals surface area (Å²) in [6.07, 6.45) is 0.447. The van der Waals surface area contributed by atoms with Crippen molar-refractivity contribution in [3.05, 3.63) is 0 Å². The fourth-order valence-electron chi connectivity index (χ4n) is 2.70. The molecule has 0 aromatic heterocycles. The maximum Gasteiger partial charge on any atom is 0.318 e. The summed E-state index contributed by atoms with van der Waals surface area (Å²) in [4.78, 5) is 38.5. The van der Waals surface area contributed by atoms with Gasteiger partial charge in [-0.15, -0.1) is 0 Å². The summed E-state index contributed by atoms with van der Waals surface area (Å²) >= 11 is 0. The highest BCUT2D eigenvalue weighted by atomic mass is 16.4. The Morgan fingerprint density at radius 3 is 2.33 bits per heavy atom. The minimum Gasteiger partial charge on any atom is -0.481 e. The molecular weight excluding hydrogens is 274 g/mol. The van der Waals surface area contributed by atoms with E-state index in [1.807, 2.05) is 13.8 Å². The molecule has 21 heavy (non-hydrogen) atoms. The zero-order valence-electron chi connectivity index (χ0n) is 13.1. The Hall–Kier alpha value is -1.79. The van der Waals surface area contributed by atoms with E-state index in [-0.39, 0.29) is 18.0 Å². The maximum atomic E-state index is 12.2. The number of nitrogens with zero attached hydrogens (tertiary/aromatic N) is 2. The number of urea groups is 1. The third-order valence-electron chi connectivity index (χ3n) is 4.12. The van der Waals surface area contributed by atoms with Crippen LogP contribution < -0.4 is 5.32 Å². The molecule has 2 N–H and O–H groups in total. The first-order chi connectivity index (χ1) is 9.83. The smallest absolute Gasteiger partial charge is 0.318 e. The Balaban J connectivity index is 2.61. The molecule has 0 saturated carbocycles. The third-order valence-corrected chi connectivity index (χ3v) is 4.12. The number of carboxylic acid groups (broad SMARTS) is 1. The number of amides is 3. The van der Waals surface area contributed by atoms with Gasteiger partial charge in [0.15, 0.2) is 0 Å². The van der Waals surface area contributed by atoms with Crippen molar-refractivity contribution < 1.29 is 19.5 Å².